The first-order valence-electron chi connectivity index (χ1n) is 10.1. The average molecular weight is 451 g/mol. The highest BCUT2D eigenvalue weighted by molar-refractivity contribution is 7.18. The Morgan fingerprint density at radius 1 is 1.03 bits per heavy atom. The summed E-state index contributed by atoms with van der Waals surface area (Å²) in [7, 11) is 0. The monoisotopic (exact) mass is 450 g/mol. The van der Waals surface area contributed by atoms with Gasteiger partial charge >= 0.3 is 5.97 Å². The second-order valence-corrected chi connectivity index (χ2v) is 8.43. The van der Waals surface area contributed by atoms with Crippen molar-refractivity contribution in [1.82, 2.24) is 24.7 Å². The summed E-state index contributed by atoms with van der Waals surface area (Å²) < 4.78 is 7.67. The average Bonchev–Trinajstić information content (AvgIpc) is 3.32. The summed E-state index contributed by atoms with van der Waals surface area (Å²) in [6.07, 6.45) is 0.621. The highest BCUT2D eigenvalue weighted by Gasteiger charge is 2.15. The minimum atomic E-state index is -0.469. The van der Waals surface area contributed by atoms with Crippen LogP contribution in [0.15, 0.2) is 36.4 Å². The van der Waals surface area contributed by atoms with E-state index in [9.17, 15) is 9.59 Å². The molecule has 0 spiro atoms. The van der Waals surface area contributed by atoms with Crippen molar-refractivity contribution >= 4 is 39.2 Å². The quantitative estimate of drug-likeness (QED) is 0.430. The smallest absolute Gasteiger partial charge is 0.306 e. The van der Waals surface area contributed by atoms with E-state index in [1.165, 1.54) is 4.68 Å². The molecule has 164 valence electrons. The number of aryl methyl sites for hydroxylation is 4. The number of carbonyl (C=O) groups excluding carboxylic acids is 2. The molecule has 10 heteroatoms. The standard InChI is InChI=1S/C22H22N6O3S/c1-13-10-14(2)24-22(23-13)28-18(11-15(3)27-28)26-19(29)12-31-21(30)9-8-20-25-16-6-4-5-7-17(16)32-20/h4-7,10-11H,8-9,12H2,1-3H3,(H,26,29). The Kier molecular flexibility index (Phi) is 6.22. The van der Waals surface area contributed by atoms with Gasteiger partial charge in [0.2, 0.25) is 0 Å². The van der Waals surface area contributed by atoms with Crippen LogP contribution in [0.2, 0.25) is 0 Å². The van der Waals surface area contributed by atoms with Crippen LogP contribution in [0.3, 0.4) is 0 Å². The number of nitrogens with zero attached hydrogens (tertiary/aromatic N) is 5. The molecule has 1 aromatic carbocycles. The van der Waals surface area contributed by atoms with Crippen molar-refractivity contribution in [3.8, 4) is 5.95 Å². The van der Waals surface area contributed by atoms with Crippen molar-refractivity contribution in [3.63, 3.8) is 0 Å². The summed E-state index contributed by atoms with van der Waals surface area (Å²) in [5.41, 5.74) is 3.19. The van der Waals surface area contributed by atoms with E-state index in [2.05, 4.69) is 25.4 Å². The topological polar surface area (TPSA) is 112 Å². The van der Waals surface area contributed by atoms with Gasteiger partial charge < -0.3 is 10.1 Å². The molecular formula is C22H22N6O3S. The number of rotatable bonds is 7. The lowest BCUT2D eigenvalue weighted by atomic mass is 10.3. The maximum absolute atomic E-state index is 12.4. The number of ether oxygens (including phenoxy) is 1. The summed E-state index contributed by atoms with van der Waals surface area (Å²) in [5, 5.41) is 7.93. The second-order valence-electron chi connectivity index (χ2n) is 7.32. The Balaban J connectivity index is 1.32. The second kappa shape index (κ2) is 9.23. The van der Waals surface area contributed by atoms with Crippen molar-refractivity contribution in [1.29, 1.82) is 0 Å². The molecule has 32 heavy (non-hydrogen) atoms. The van der Waals surface area contributed by atoms with Gasteiger partial charge in [0.15, 0.2) is 6.61 Å². The van der Waals surface area contributed by atoms with Crippen LogP contribution in [-0.4, -0.2) is 43.2 Å². The number of aromatic nitrogens is 5. The van der Waals surface area contributed by atoms with Crippen molar-refractivity contribution in [2.75, 3.05) is 11.9 Å². The fraction of sp³-hybridized carbons (Fsp3) is 0.273. The number of hydrogen-bond donors (Lipinski definition) is 1. The molecule has 0 fully saturated rings. The zero-order valence-electron chi connectivity index (χ0n) is 18.0. The largest absolute Gasteiger partial charge is 0.456 e. The molecule has 0 saturated carbocycles. The summed E-state index contributed by atoms with van der Waals surface area (Å²) in [5.74, 6) is -0.160. The first kappa shape index (κ1) is 21.6. The Labute approximate surface area is 188 Å². The van der Waals surface area contributed by atoms with Gasteiger partial charge in [-0.05, 0) is 39.0 Å². The van der Waals surface area contributed by atoms with Gasteiger partial charge in [-0.1, -0.05) is 12.1 Å². The highest BCUT2D eigenvalue weighted by atomic mass is 32.1. The molecule has 4 aromatic rings. The third-order valence-electron chi connectivity index (χ3n) is 4.50. The van der Waals surface area contributed by atoms with Gasteiger partial charge in [0.1, 0.15) is 5.82 Å². The fourth-order valence-electron chi connectivity index (χ4n) is 3.18. The molecule has 0 aliphatic heterocycles. The van der Waals surface area contributed by atoms with Crippen LogP contribution in [0.4, 0.5) is 5.82 Å². The van der Waals surface area contributed by atoms with E-state index in [1.54, 1.807) is 24.3 Å². The predicted molar refractivity (Wildman–Crippen MR) is 121 cm³/mol. The molecule has 0 atom stereocenters. The number of hydrogen-bond acceptors (Lipinski definition) is 8. The molecule has 0 aliphatic carbocycles. The summed E-state index contributed by atoms with van der Waals surface area (Å²) >= 11 is 1.55. The van der Waals surface area contributed by atoms with E-state index in [1.807, 2.05) is 44.2 Å². The van der Waals surface area contributed by atoms with Crippen LogP contribution < -0.4 is 5.32 Å². The lowest BCUT2D eigenvalue weighted by Gasteiger charge is -2.09. The van der Waals surface area contributed by atoms with Gasteiger partial charge in [0.25, 0.3) is 11.9 Å². The van der Waals surface area contributed by atoms with Gasteiger partial charge in [0, 0.05) is 23.9 Å². The van der Waals surface area contributed by atoms with Gasteiger partial charge in [-0.25, -0.2) is 15.0 Å². The summed E-state index contributed by atoms with van der Waals surface area (Å²) in [4.78, 5) is 37.7. The van der Waals surface area contributed by atoms with Crippen LogP contribution in [0, 0.1) is 20.8 Å². The molecule has 0 bridgehead atoms. The molecule has 3 heterocycles. The van der Waals surface area contributed by atoms with Crippen molar-refractivity contribution in [3.05, 3.63) is 58.5 Å². The molecule has 0 aliphatic rings. The van der Waals surface area contributed by atoms with Crippen LogP contribution in [0.5, 0.6) is 0 Å². The Morgan fingerprint density at radius 3 is 2.53 bits per heavy atom. The number of amides is 1. The maximum atomic E-state index is 12.4. The number of anilines is 1. The van der Waals surface area contributed by atoms with Crippen molar-refractivity contribution in [2.24, 2.45) is 0 Å². The normalized spacial score (nSPS) is 11.0. The lowest BCUT2D eigenvalue weighted by Crippen LogP contribution is -2.23. The lowest BCUT2D eigenvalue weighted by molar-refractivity contribution is -0.147. The number of thiazole rings is 1. The van der Waals surface area contributed by atoms with E-state index < -0.39 is 18.5 Å². The molecule has 1 amide bonds. The zero-order chi connectivity index (χ0) is 22.7. The number of fused-ring (bicyclic) bond motifs is 1. The van der Waals surface area contributed by atoms with E-state index in [4.69, 9.17) is 4.74 Å². The highest BCUT2D eigenvalue weighted by Crippen LogP contribution is 2.22. The zero-order valence-corrected chi connectivity index (χ0v) is 18.8. The van der Waals surface area contributed by atoms with E-state index in [0.717, 1.165) is 26.6 Å². The molecular weight excluding hydrogens is 428 g/mol. The molecule has 3 aromatic heterocycles. The molecule has 0 saturated heterocycles. The third-order valence-corrected chi connectivity index (χ3v) is 5.60. The van der Waals surface area contributed by atoms with Crippen LogP contribution in [0.25, 0.3) is 16.2 Å². The Bertz CT molecular complexity index is 1240. The first-order chi connectivity index (χ1) is 15.4. The minimum Gasteiger partial charge on any atom is -0.456 e. The van der Waals surface area contributed by atoms with E-state index >= 15 is 0 Å². The van der Waals surface area contributed by atoms with Gasteiger partial charge in [0.05, 0.1) is 27.3 Å². The fourth-order valence-corrected chi connectivity index (χ4v) is 4.14. The number of nitrogens with one attached hydrogen (secondary N) is 1. The molecule has 1 N–H and O–H groups in total. The number of esters is 1. The van der Waals surface area contributed by atoms with Gasteiger partial charge in [-0.2, -0.15) is 9.78 Å². The van der Waals surface area contributed by atoms with Crippen LogP contribution in [0.1, 0.15) is 28.5 Å². The number of benzene rings is 1. The van der Waals surface area contributed by atoms with Crippen molar-refractivity contribution < 1.29 is 14.3 Å². The maximum Gasteiger partial charge on any atom is 0.306 e. The van der Waals surface area contributed by atoms with E-state index in [-0.39, 0.29) is 6.42 Å². The van der Waals surface area contributed by atoms with Crippen LogP contribution in [-0.2, 0) is 20.7 Å². The molecule has 9 nitrogen and oxygen atoms in total. The minimum absolute atomic E-state index is 0.153. The van der Waals surface area contributed by atoms with Crippen LogP contribution >= 0.6 is 11.3 Å². The van der Waals surface area contributed by atoms with Crippen molar-refractivity contribution in [2.45, 2.75) is 33.6 Å². The molecule has 4 rings (SSSR count). The summed E-state index contributed by atoms with van der Waals surface area (Å²) in [6, 6.07) is 11.4. The Morgan fingerprint density at radius 2 is 1.78 bits per heavy atom. The summed E-state index contributed by atoms with van der Waals surface area (Å²) in [6.45, 7) is 5.13. The first-order valence-corrected chi connectivity index (χ1v) is 10.9. The Hall–Kier alpha value is -3.66. The number of para-hydroxylation sites is 1. The SMILES string of the molecule is Cc1cc(C)nc(-n2nc(C)cc2NC(=O)COC(=O)CCc2nc3ccccc3s2)n1. The predicted octanol–water partition coefficient (Wildman–Crippen LogP) is 3.31. The third kappa shape index (κ3) is 5.14. The molecule has 0 radical (unpaired) electrons. The molecule has 0 unspecified atom stereocenters. The van der Waals surface area contributed by atoms with E-state index in [0.29, 0.717) is 23.9 Å². The van der Waals surface area contributed by atoms with Gasteiger partial charge in [-0.3, -0.25) is 9.59 Å². The number of carbonyl (C=O) groups is 2. The van der Waals surface area contributed by atoms with Gasteiger partial charge in [-0.15, -0.1) is 11.3 Å².